The summed E-state index contributed by atoms with van der Waals surface area (Å²) >= 11 is 0. The van der Waals surface area contributed by atoms with Gasteiger partial charge in [0.05, 0.1) is 0 Å². The van der Waals surface area contributed by atoms with Gasteiger partial charge in [0, 0.05) is 18.3 Å². The molecule has 0 aliphatic carbocycles. The predicted octanol–water partition coefficient (Wildman–Crippen LogP) is 2.90. The molecule has 0 spiro atoms. The molecule has 0 fully saturated rings. The number of nitrogens with one attached hydrogen (secondary N) is 2. The smallest absolute Gasteiger partial charge is 0.319 e. The van der Waals surface area contributed by atoms with Crippen molar-refractivity contribution < 1.29 is 14.3 Å². The molecule has 2 amide bonds. The van der Waals surface area contributed by atoms with Crippen LogP contribution in [0.1, 0.15) is 5.56 Å². The van der Waals surface area contributed by atoms with Crippen molar-refractivity contribution in [2.45, 2.75) is 6.42 Å². The number of benzene rings is 2. The molecule has 5 heteroatoms. The molecule has 0 radical (unpaired) electrons. The third kappa shape index (κ3) is 3.98. The first-order chi connectivity index (χ1) is 9.65. The molecule has 0 saturated carbocycles. The molecule has 0 aromatic heterocycles. The van der Waals surface area contributed by atoms with E-state index in [0.29, 0.717) is 6.54 Å². The standard InChI is InChI=1S/C15H15FN2O2/c16-13-10-12(6-7-14(13)19)18-15(20)17-9-8-11-4-2-1-3-5-11/h1-7,10,19H,8-9H2,(H2,17,18,20). The van der Waals surface area contributed by atoms with E-state index in [4.69, 9.17) is 5.11 Å². The summed E-state index contributed by atoms with van der Waals surface area (Å²) in [7, 11) is 0. The SMILES string of the molecule is O=C(NCCc1ccccc1)Nc1ccc(O)c(F)c1. The van der Waals surface area contributed by atoms with E-state index in [0.717, 1.165) is 18.1 Å². The van der Waals surface area contributed by atoms with Crippen molar-refractivity contribution in [3.05, 3.63) is 59.9 Å². The number of amides is 2. The Bertz CT molecular complexity index is 588. The van der Waals surface area contributed by atoms with Gasteiger partial charge in [-0.3, -0.25) is 0 Å². The van der Waals surface area contributed by atoms with Crippen LogP contribution in [0.15, 0.2) is 48.5 Å². The van der Waals surface area contributed by atoms with Crippen LogP contribution in [0.3, 0.4) is 0 Å². The minimum atomic E-state index is -0.771. The summed E-state index contributed by atoms with van der Waals surface area (Å²) in [6, 6.07) is 13.0. The lowest BCUT2D eigenvalue weighted by Crippen LogP contribution is -2.30. The maximum atomic E-state index is 13.1. The van der Waals surface area contributed by atoms with Crippen LogP contribution < -0.4 is 10.6 Å². The maximum absolute atomic E-state index is 13.1. The minimum Gasteiger partial charge on any atom is -0.505 e. The highest BCUT2D eigenvalue weighted by atomic mass is 19.1. The molecule has 3 N–H and O–H groups in total. The Kier molecular flexibility index (Phi) is 4.55. The van der Waals surface area contributed by atoms with Crippen LogP contribution in [0.5, 0.6) is 5.75 Å². The first-order valence-electron chi connectivity index (χ1n) is 6.22. The number of halogens is 1. The average molecular weight is 274 g/mol. The summed E-state index contributed by atoms with van der Waals surface area (Å²) in [5.41, 5.74) is 1.42. The molecule has 104 valence electrons. The number of rotatable bonds is 4. The van der Waals surface area contributed by atoms with Gasteiger partial charge in [-0.05, 0) is 24.1 Å². The minimum absolute atomic E-state index is 0.289. The molecule has 20 heavy (non-hydrogen) atoms. The highest BCUT2D eigenvalue weighted by Crippen LogP contribution is 2.19. The third-order valence-corrected chi connectivity index (χ3v) is 2.75. The first kappa shape index (κ1) is 13.9. The molecule has 0 aliphatic rings. The third-order valence-electron chi connectivity index (χ3n) is 2.75. The van der Waals surface area contributed by atoms with Crippen LogP contribution in [-0.2, 0) is 6.42 Å². The number of hydrogen-bond acceptors (Lipinski definition) is 2. The number of phenols is 1. The Labute approximate surface area is 116 Å². The van der Waals surface area contributed by atoms with Crippen molar-refractivity contribution in [1.29, 1.82) is 0 Å². The second kappa shape index (κ2) is 6.56. The van der Waals surface area contributed by atoms with Crippen LogP contribution >= 0.6 is 0 Å². The summed E-state index contributed by atoms with van der Waals surface area (Å²) < 4.78 is 13.1. The lowest BCUT2D eigenvalue weighted by molar-refractivity contribution is 0.252. The summed E-state index contributed by atoms with van der Waals surface area (Å²) in [5, 5.41) is 14.2. The van der Waals surface area contributed by atoms with Gasteiger partial charge in [-0.1, -0.05) is 30.3 Å². The van der Waals surface area contributed by atoms with Crippen molar-refractivity contribution in [2.75, 3.05) is 11.9 Å². The normalized spacial score (nSPS) is 10.1. The Morgan fingerprint density at radius 1 is 1.15 bits per heavy atom. The van der Waals surface area contributed by atoms with Gasteiger partial charge in [0.25, 0.3) is 0 Å². The number of carbonyl (C=O) groups is 1. The highest BCUT2D eigenvalue weighted by Gasteiger charge is 2.05. The van der Waals surface area contributed by atoms with Crippen LogP contribution in [0.25, 0.3) is 0 Å². The van der Waals surface area contributed by atoms with Crippen LogP contribution in [0, 0.1) is 5.82 Å². The average Bonchev–Trinajstić information content (AvgIpc) is 2.44. The van der Waals surface area contributed by atoms with Crippen molar-refractivity contribution in [3.8, 4) is 5.75 Å². The van der Waals surface area contributed by atoms with Crippen molar-refractivity contribution >= 4 is 11.7 Å². The molecular formula is C15H15FN2O2. The van der Waals surface area contributed by atoms with Gasteiger partial charge in [-0.25, -0.2) is 9.18 Å². The molecule has 2 aromatic rings. The topological polar surface area (TPSA) is 61.4 Å². The fourth-order valence-electron chi connectivity index (χ4n) is 1.72. The molecule has 0 atom stereocenters. The van der Waals surface area contributed by atoms with Gasteiger partial charge < -0.3 is 15.7 Å². The zero-order valence-electron chi connectivity index (χ0n) is 10.8. The van der Waals surface area contributed by atoms with Crippen molar-refractivity contribution in [3.63, 3.8) is 0 Å². The van der Waals surface area contributed by atoms with Crippen LogP contribution in [-0.4, -0.2) is 17.7 Å². The van der Waals surface area contributed by atoms with Crippen LogP contribution in [0.2, 0.25) is 0 Å². The Hall–Kier alpha value is -2.56. The quantitative estimate of drug-likeness (QED) is 0.751. The highest BCUT2D eigenvalue weighted by molar-refractivity contribution is 5.89. The van der Waals surface area contributed by atoms with Gasteiger partial charge in [0.15, 0.2) is 11.6 Å². The zero-order valence-corrected chi connectivity index (χ0v) is 10.8. The zero-order chi connectivity index (χ0) is 14.4. The molecule has 0 saturated heterocycles. The van der Waals surface area contributed by atoms with Gasteiger partial charge in [0.1, 0.15) is 0 Å². The fourth-order valence-corrected chi connectivity index (χ4v) is 1.72. The fraction of sp³-hybridized carbons (Fsp3) is 0.133. The molecule has 0 unspecified atom stereocenters. The summed E-state index contributed by atoms with van der Waals surface area (Å²) in [5.74, 6) is -1.22. The number of hydrogen-bond donors (Lipinski definition) is 3. The second-order valence-corrected chi connectivity index (χ2v) is 4.28. The molecule has 2 aromatic carbocycles. The molecule has 4 nitrogen and oxygen atoms in total. The number of aromatic hydroxyl groups is 1. The molecule has 0 aliphatic heterocycles. The number of urea groups is 1. The van der Waals surface area contributed by atoms with E-state index in [-0.39, 0.29) is 5.69 Å². The van der Waals surface area contributed by atoms with Gasteiger partial charge in [-0.15, -0.1) is 0 Å². The lowest BCUT2D eigenvalue weighted by atomic mass is 10.1. The van der Waals surface area contributed by atoms with E-state index in [2.05, 4.69) is 10.6 Å². The Balaban J connectivity index is 1.79. The van der Waals surface area contributed by atoms with E-state index in [9.17, 15) is 9.18 Å². The van der Waals surface area contributed by atoms with Crippen molar-refractivity contribution in [1.82, 2.24) is 5.32 Å². The van der Waals surface area contributed by atoms with Gasteiger partial charge in [0.2, 0.25) is 0 Å². The van der Waals surface area contributed by atoms with E-state index >= 15 is 0 Å². The molecular weight excluding hydrogens is 259 g/mol. The number of carbonyl (C=O) groups excluding carboxylic acids is 1. The summed E-state index contributed by atoms with van der Waals surface area (Å²) in [6.45, 7) is 0.483. The van der Waals surface area contributed by atoms with Crippen molar-refractivity contribution in [2.24, 2.45) is 0 Å². The molecule has 2 rings (SSSR count). The van der Waals surface area contributed by atoms with Gasteiger partial charge in [-0.2, -0.15) is 0 Å². The Morgan fingerprint density at radius 2 is 1.90 bits per heavy atom. The number of anilines is 1. The lowest BCUT2D eigenvalue weighted by Gasteiger charge is -2.08. The molecule has 0 heterocycles. The second-order valence-electron chi connectivity index (χ2n) is 4.28. The van der Waals surface area contributed by atoms with E-state index in [1.54, 1.807) is 0 Å². The summed E-state index contributed by atoms with van der Waals surface area (Å²) in [4.78, 5) is 11.6. The summed E-state index contributed by atoms with van der Waals surface area (Å²) in [6.07, 6.45) is 0.720. The number of phenolic OH excluding ortho intramolecular Hbond substituents is 1. The first-order valence-corrected chi connectivity index (χ1v) is 6.22. The monoisotopic (exact) mass is 274 g/mol. The van der Waals surface area contributed by atoms with Gasteiger partial charge >= 0.3 is 6.03 Å². The van der Waals surface area contributed by atoms with Crippen LogP contribution in [0.4, 0.5) is 14.9 Å². The largest absolute Gasteiger partial charge is 0.505 e. The predicted molar refractivity (Wildman–Crippen MR) is 75.2 cm³/mol. The Morgan fingerprint density at radius 3 is 2.60 bits per heavy atom. The molecule has 0 bridgehead atoms. The van der Waals surface area contributed by atoms with E-state index in [1.165, 1.54) is 12.1 Å². The maximum Gasteiger partial charge on any atom is 0.319 e. The van der Waals surface area contributed by atoms with E-state index < -0.39 is 17.6 Å². The van der Waals surface area contributed by atoms with E-state index in [1.807, 2.05) is 30.3 Å².